The average Bonchev–Trinajstić information content (AvgIpc) is 3.44. The maximum absolute atomic E-state index is 12.8. The average molecular weight is 386 g/mol. The molecule has 27 heavy (non-hydrogen) atoms. The van der Waals surface area contributed by atoms with E-state index in [9.17, 15) is 18.0 Å². The molecule has 0 atom stereocenters. The van der Waals surface area contributed by atoms with Crippen molar-refractivity contribution in [1.29, 1.82) is 0 Å². The summed E-state index contributed by atoms with van der Waals surface area (Å²) in [6.07, 6.45) is 6.78. The van der Waals surface area contributed by atoms with Gasteiger partial charge in [0, 0.05) is 18.8 Å². The van der Waals surface area contributed by atoms with Gasteiger partial charge in [-0.25, -0.2) is 8.42 Å². The summed E-state index contributed by atoms with van der Waals surface area (Å²) in [6.45, 7) is 0.239. The summed E-state index contributed by atoms with van der Waals surface area (Å²) in [4.78, 5) is 26.8. The van der Waals surface area contributed by atoms with Crippen molar-refractivity contribution in [3.63, 3.8) is 0 Å². The van der Waals surface area contributed by atoms with Crippen LogP contribution in [0, 0.1) is 0 Å². The maximum Gasteiger partial charge on any atom is 0.259 e. The van der Waals surface area contributed by atoms with Crippen LogP contribution in [0.15, 0.2) is 52.6 Å². The van der Waals surface area contributed by atoms with Crippen LogP contribution < -0.4 is 10.6 Å². The van der Waals surface area contributed by atoms with E-state index in [4.69, 9.17) is 0 Å². The van der Waals surface area contributed by atoms with Crippen LogP contribution >= 0.6 is 0 Å². The molecule has 1 aromatic carbocycles. The lowest BCUT2D eigenvalue weighted by molar-refractivity contribution is -0.112. The number of nitrogens with one attached hydrogen (secondary N) is 2. The van der Waals surface area contributed by atoms with Crippen LogP contribution in [-0.2, 0) is 14.8 Å². The molecule has 1 aromatic rings. The largest absolute Gasteiger partial charge is 0.349 e. The van der Waals surface area contributed by atoms with Crippen LogP contribution in [0.3, 0.4) is 0 Å². The minimum Gasteiger partial charge on any atom is -0.349 e. The molecule has 4 rings (SSSR count). The zero-order valence-corrected chi connectivity index (χ0v) is 15.2. The molecule has 0 radical (unpaired) electrons. The lowest BCUT2D eigenvalue weighted by Crippen LogP contribution is -2.41. The lowest BCUT2D eigenvalue weighted by atomic mass is 10.1. The number of hydrogen-bond donors (Lipinski definition) is 2. The number of para-hydroxylation sites is 1. The Hall–Kier alpha value is -2.94. The number of anilines is 1. The Labute approximate surface area is 156 Å². The molecule has 2 N–H and O–H groups in total. The molecule has 0 aromatic heterocycles. The third-order valence-corrected chi connectivity index (χ3v) is 5.58. The third kappa shape index (κ3) is 3.77. The fraction of sp³-hybridized carbons (Fsp3) is 0.278. The molecule has 9 heteroatoms. The van der Waals surface area contributed by atoms with Gasteiger partial charge in [-0.3, -0.25) is 9.59 Å². The van der Waals surface area contributed by atoms with E-state index in [-0.39, 0.29) is 35.7 Å². The number of carbonyl (C=O) groups excluding carboxylic acids is 2. The number of benzene rings is 1. The molecular formula is C18H18N4O4S. The molecular weight excluding hydrogens is 368 g/mol. The molecule has 2 amide bonds. The Bertz CT molecular complexity index is 1010. The van der Waals surface area contributed by atoms with Gasteiger partial charge in [0.1, 0.15) is 0 Å². The van der Waals surface area contributed by atoms with E-state index in [1.807, 2.05) is 0 Å². The summed E-state index contributed by atoms with van der Waals surface area (Å²) in [5.41, 5.74) is 0.861. The molecule has 1 fully saturated rings. The van der Waals surface area contributed by atoms with E-state index in [1.54, 1.807) is 41.4 Å². The van der Waals surface area contributed by atoms with Gasteiger partial charge in [-0.15, -0.1) is 4.40 Å². The predicted octanol–water partition coefficient (Wildman–Crippen LogP) is 1.01. The van der Waals surface area contributed by atoms with Gasteiger partial charge in [0.15, 0.2) is 5.84 Å². The SMILES string of the molecule is O=C(Nc1ccccc1C(=O)NC1CC1)C1=CC=CN2CCS(=O)(=O)N=C12. The van der Waals surface area contributed by atoms with Crippen molar-refractivity contribution in [3.8, 4) is 0 Å². The van der Waals surface area contributed by atoms with Crippen LogP contribution in [-0.4, -0.2) is 49.3 Å². The first kappa shape index (κ1) is 17.5. The molecule has 0 saturated heterocycles. The maximum atomic E-state index is 12.8. The van der Waals surface area contributed by atoms with Crippen LogP contribution in [0.5, 0.6) is 0 Å². The number of amides is 2. The Kier molecular flexibility index (Phi) is 4.31. The van der Waals surface area contributed by atoms with Crippen LogP contribution in [0.4, 0.5) is 5.69 Å². The molecule has 140 valence electrons. The van der Waals surface area contributed by atoms with E-state index in [1.165, 1.54) is 6.08 Å². The monoisotopic (exact) mass is 386 g/mol. The summed E-state index contributed by atoms with van der Waals surface area (Å²) in [6, 6.07) is 6.91. The summed E-state index contributed by atoms with van der Waals surface area (Å²) in [5, 5.41) is 5.60. The molecule has 3 aliphatic rings. The topological polar surface area (TPSA) is 108 Å². The zero-order valence-electron chi connectivity index (χ0n) is 14.4. The molecule has 8 nitrogen and oxygen atoms in total. The normalized spacial score (nSPS) is 20.2. The Balaban J connectivity index is 1.59. The highest BCUT2D eigenvalue weighted by Crippen LogP contribution is 2.23. The van der Waals surface area contributed by atoms with Crippen molar-refractivity contribution in [2.45, 2.75) is 18.9 Å². The van der Waals surface area contributed by atoms with Crippen molar-refractivity contribution in [3.05, 3.63) is 53.8 Å². The van der Waals surface area contributed by atoms with Crippen molar-refractivity contribution < 1.29 is 18.0 Å². The number of sulfonamides is 1. The van der Waals surface area contributed by atoms with Gasteiger partial charge in [-0.1, -0.05) is 12.1 Å². The number of hydrogen-bond acceptors (Lipinski definition) is 5. The highest BCUT2D eigenvalue weighted by molar-refractivity contribution is 7.90. The zero-order chi connectivity index (χ0) is 19.0. The first-order valence-electron chi connectivity index (χ1n) is 8.62. The first-order chi connectivity index (χ1) is 12.9. The third-order valence-electron chi connectivity index (χ3n) is 4.43. The first-order valence-corrected chi connectivity index (χ1v) is 10.2. The smallest absolute Gasteiger partial charge is 0.259 e. The van der Waals surface area contributed by atoms with Crippen LogP contribution in [0.25, 0.3) is 0 Å². The summed E-state index contributed by atoms with van der Waals surface area (Å²) in [7, 11) is -3.59. The minimum atomic E-state index is -3.59. The number of carbonyl (C=O) groups is 2. The Morgan fingerprint density at radius 1 is 1.15 bits per heavy atom. The Morgan fingerprint density at radius 2 is 1.93 bits per heavy atom. The molecule has 1 saturated carbocycles. The number of rotatable bonds is 4. The van der Waals surface area contributed by atoms with Gasteiger partial charge in [-0.2, -0.15) is 0 Å². The van der Waals surface area contributed by atoms with E-state index >= 15 is 0 Å². The Morgan fingerprint density at radius 3 is 2.70 bits per heavy atom. The van der Waals surface area contributed by atoms with Gasteiger partial charge in [0.05, 0.1) is 22.6 Å². The number of amidine groups is 1. The minimum absolute atomic E-state index is 0.0973. The van der Waals surface area contributed by atoms with Crippen LogP contribution in [0.1, 0.15) is 23.2 Å². The second-order valence-corrected chi connectivity index (χ2v) is 8.32. The number of allylic oxidation sites excluding steroid dienone is 2. The van der Waals surface area contributed by atoms with Crippen molar-refractivity contribution in [2.75, 3.05) is 17.6 Å². The lowest BCUT2D eigenvalue weighted by Gasteiger charge is -2.28. The summed E-state index contributed by atoms with van der Waals surface area (Å²) in [5.74, 6) is -0.766. The van der Waals surface area contributed by atoms with Gasteiger partial charge < -0.3 is 15.5 Å². The van der Waals surface area contributed by atoms with E-state index in [0.29, 0.717) is 11.3 Å². The van der Waals surface area contributed by atoms with Gasteiger partial charge in [0.2, 0.25) is 0 Å². The van der Waals surface area contributed by atoms with E-state index in [0.717, 1.165) is 12.8 Å². The second-order valence-electron chi connectivity index (χ2n) is 6.56. The quantitative estimate of drug-likeness (QED) is 0.803. The molecule has 0 unspecified atom stereocenters. The van der Waals surface area contributed by atoms with Crippen LogP contribution in [0.2, 0.25) is 0 Å². The number of fused-ring (bicyclic) bond motifs is 1. The molecule has 0 bridgehead atoms. The van der Waals surface area contributed by atoms with Crippen molar-refractivity contribution >= 4 is 33.4 Å². The van der Waals surface area contributed by atoms with E-state index in [2.05, 4.69) is 15.0 Å². The van der Waals surface area contributed by atoms with Gasteiger partial charge in [0.25, 0.3) is 21.8 Å². The van der Waals surface area contributed by atoms with Gasteiger partial charge in [-0.05, 0) is 37.1 Å². The molecule has 2 aliphatic heterocycles. The number of nitrogens with zero attached hydrogens (tertiary/aromatic N) is 2. The summed E-state index contributed by atoms with van der Waals surface area (Å²) >= 11 is 0. The second kappa shape index (κ2) is 6.66. The fourth-order valence-corrected chi connectivity index (χ4v) is 3.85. The van der Waals surface area contributed by atoms with Gasteiger partial charge >= 0.3 is 0 Å². The molecule has 1 aliphatic carbocycles. The standard InChI is InChI=1S/C18H18N4O4S/c23-17(19-12-7-8-12)13-4-1-2-6-15(13)20-18(24)14-5-3-9-22-10-11-27(25,26)21-16(14)22/h1-6,9,12H,7-8,10-11H2,(H,19,23)(H,20,24). The van der Waals surface area contributed by atoms with Crippen molar-refractivity contribution in [2.24, 2.45) is 4.40 Å². The van der Waals surface area contributed by atoms with E-state index < -0.39 is 15.9 Å². The molecule has 2 heterocycles. The molecule has 0 spiro atoms. The summed E-state index contributed by atoms with van der Waals surface area (Å²) < 4.78 is 27.4. The highest BCUT2D eigenvalue weighted by atomic mass is 32.2. The highest BCUT2D eigenvalue weighted by Gasteiger charge is 2.30. The van der Waals surface area contributed by atoms with Crippen molar-refractivity contribution in [1.82, 2.24) is 10.2 Å². The fourth-order valence-electron chi connectivity index (χ4n) is 2.86. The predicted molar refractivity (Wildman–Crippen MR) is 101 cm³/mol.